The molecule has 1 aromatic carbocycles. The van der Waals surface area contributed by atoms with Crippen LogP contribution < -0.4 is 5.32 Å². The van der Waals surface area contributed by atoms with Gasteiger partial charge in [-0.15, -0.1) is 0 Å². The third kappa shape index (κ3) is 2.30. The van der Waals surface area contributed by atoms with E-state index in [9.17, 15) is 4.39 Å². The van der Waals surface area contributed by atoms with E-state index in [1.807, 2.05) is 6.07 Å². The molecule has 1 saturated heterocycles. The number of hydrogen-bond donors (Lipinski definition) is 1. The highest BCUT2D eigenvalue weighted by Crippen LogP contribution is 2.24. The molecule has 1 N–H and O–H groups in total. The predicted octanol–water partition coefficient (Wildman–Crippen LogP) is 2.06. The van der Waals surface area contributed by atoms with Crippen LogP contribution in [0, 0.1) is 5.82 Å². The van der Waals surface area contributed by atoms with Gasteiger partial charge in [-0.05, 0) is 24.7 Å². The van der Waals surface area contributed by atoms with Crippen LogP contribution in [0.2, 0.25) is 5.02 Å². The van der Waals surface area contributed by atoms with Gasteiger partial charge in [0.25, 0.3) is 0 Å². The Kier molecular flexibility index (Phi) is 3.24. The number of nitrogens with zero attached hydrogens (tertiary/aromatic N) is 1. The molecule has 0 saturated carbocycles. The van der Waals surface area contributed by atoms with Crippen molar-refractivity contribution in [3.05, 3.63) is 34.6 Å². The average Bonchev–Trinajstić information content (AvgIpc) is 2.23. The molecule has 0 amide bonds. The van der Waals surface area contributed by atoms with Crippen LogP contribution in [0.15, 0.2) is 18.2 Å². The molecule has 1 fully saturated rings. The Morgan fingerprint density at radius 2 is 2.33 bits per heavy atom. The summed E-state index contributed by atoms with van der Waals surface area (Å²) in [5.74, 6) is -0.340. The van der Waals surface area contributed by atoms with E-state index in [4.69, 9.17) is 11.6 Å². The first kappa shape index (κ1) is 10.9. The van der Waals surface area contributed by atoms with Crippen LogP contribution in [-0.2, 0) is 0 Å². The van der Waals surface area contributed by atoms with E-state index >= 15 is 0 Å². The van der Waals surface area contributed by atoms with Crippen molar-refractivity contribution in [3.63, 3.8) is 0 Å². The minimum atomic E-state index is -0.340. The SMILES string of the molecule is CN1CCNCC1c1ccc(Cl)c(F)c1. The number of rotatable bonds is 1. The molecule has 1 aliphatic heterocycles. The molecule has 0 aliphatic carbocycles. The van der Waals surface area contributed by atoms with Gasteiger partial charge in [0.2, 0.25) is 0 Å². The van der Waals surface area contributed by atoms with Gasteiger partial charge >= 0.3 is 0 Å². The van der Waals surface area contributed by atoms with Crippen molar-refractivity contribution in [1.82, 2.24) is 10.2 Å². The number of likely N-dealkylation sites (N-methyl/N-ethyl adjacent to an activating group) is 1. The van der Waals surface area contributed by atoms with Crippen LogP contribution in [0.5, 0.6) is 0 Å². The summed E-state index contributed by atoms with van der Waals surface area (Å²) in [6, 6.07) is 5.27. The zero-order valence-electron chi connectivity index (χ0n) is 8.63. The molecule has 1 aliphatic rings. The van der Waals surface area contributed by atoms with Crippen LogP contribution >= 0.6 is 11.6 Å². The highest BCUT2D eigenvalue weighted by molar-refractivity contribution is 6.30. The lowest BCUT2D eigenvalue weighted by molar-refractivity contribution is 0.202. The second kappa shape index (κ2) is 4.47. The molecule has 2 rings (SSSR count). The lowest BCUT2D eigenvalue weighted by atomic mass is 10.0. The molecule has 1 unspecified atom stereocenters. The fraction of sp³-hybridized carbons (Fsp3) is 0.455. The summed E-state index contributed by atoms with van der Waals surface area (Å²) >= 11 is 5.65. The summed E-state index contributed by atoms with van der Waals surface area (Å²) in [7, 11) is 2.05. The van der Waals surface area contributed by atoms with Crippen molar-refractivity contribution in [1.29, 1.82) is 0 Å². The number of hydrogen-bond acceptors (Lipinski definition) is 2. The first-order valence-electron chi connectivity index (χ1n) is 5.04. The van der Waals surface area contributed by atoms with Gasteiger partial charge in [0.1, 0.15) is 5.82 Å². The molecule has 15 heavy (non-hydrogen) atoms. The normalized spacial score (nSPS) is 23.0. The largest absolute Gasteiger partial charge is 0.314 e. The topological polar surface area (TPSA) is 15.3 Å². The molecule has 0 radical (unpaired) electrons. The van der Waals surface area contributed by atoms with Gasteiger partial charge in [-0.25, -0.2) is 4.39 Å². The smallest absolute Gasteiger partial charge is 0.142 e. The maximum absolute atomic E-state index is 13.3. The molecule has 2 nitrogen and oxygen atoms in total. The van der Waals surface area contributed by atoms with Crippen molar-refractivity contribution in [2.45, 2.75) is 6.04 Å². The standard InChI is InChI=1S/C11H14ClFN2/c1-15-5-4-14-7-11(15)8-2-3-9(12)10(13)6-8/h2-3,6,11,14H,4-5,7H2,1H3. The van der Waals surface area contributed by atoms with Gasteiger partial charge in [-0.3, -0.25) is 4.90 Å². The first-order valence-corrected chi connectivity index (χ1v) is 5.42. The Hall–Kier alpha value is -0.640. The van der Waals surface area contributed by atoms with Crippen LogP contribution in [0.1, 0.15) is 11.6 Å². The first-order chi connectivity index (χ1) is 7.18. The second-order valence-electron chi connectivity index (χ2n) is 3.87. The van der Waals surface area contributed by atoms with Crippen molar-refractivity contribution in [2.75, 3.05) is 26.7 Å². The van der Waals surface area contributed by atoms with Gasteiger partial charge in [0.15, 0.2) is 0 Å². The van der Waals surface area contributed by atoms with E-state index in [1.54, 1.807) is 6.07 Å². The summed E-state index contributed by atoms with van der Waals surface area (Å²) in [5, 5.41) is 3.49. The molecule has 0 bridgehead atoms. The maximum atomic E-state index is 13.3. The molecule has 1 aromatic rings. The Balaban J connectivity index is 2.24. The lowest BCUT2D eigenvalue weighted by Crippen LogP contribution is -2.43. The number of halogens is 2. The van der Waals surface area contributed by atoms with Crippen molar-refractivity contribution < 1.29 is 4.39 Å². The zero-order chi connectivity index (χ0) is 10.8. The van der Waals surface area contributed by atoms with Gasteiger partial charge in [-0.2, -0.15) is 0 Å². The fourth-order valence-electron chi connectivity index (χ4n) is 1.90. The Morgan fingerprint density at radius 3 is 3.00 bits per heavy atom. The Labute approximate surface area is 94.0 Å². The van der Waals surface area contributed by atoms with E-state index in [1.165, 1.54) is 6.07 Å². The molecule has 1 atom stereocenters. The summed E-state index contributed by atoms with van der Waals surface area (Å²) in [6.07, 6.45) is 0. The molecule has 0 aromatic heterocycles. The summed E-state index contributed by atoms with van der Waals surface area (Å²) in [6.45, 7) is 2.83. The van der Waals surface area contributed by atoms with Gasteiger partial charge < -0.3 is 5.32 Å². The van der Waals surface area contributed by atoms with E-state index in [0.29, 0.717) is 0 Å². The highest BCUT2D eigenvalue weighted by atomic mass is 35.5. The van der Waals surface area contributed by atoms with Crippen molar-refractivity contribution in [2.24, 2.45) is 0 Å². The fourth-order valence-corrected chi connectivity index (χ4v) is 2.02. The predicted molar refractivity (Wildman–Crippen MR) is 59.7 cm³/mol. The average molecular weight is 229 g/mol. The number of piperazine rings is 1. The third-order valence-corrected chi connectivity index (χ3v) is 3.15. The molecule has 1 heterocycles. The highest BCUT2D eigenvalue weighted by Gasteiger charge is 2.20. The molecule has 82 valence electrons. The van der Waals surface area contributed by atoms with Crippen LogP contribution in [-0.4, -0.2) is 31.6 Å². The second-order valence-corrected chi connectivity index (χ2v) is 4.28. The summed E-state index contributed by atoms with van der Waals surface area (Å²) in [5.41, 5.74) is 0.978. The van der Waals surface area contributed by atoms with Crippen molar-refractivity contribution in [3.8, 4) is 0 Å². The van der Waals surface area contributed by atoms with Gasteiger partial charge in [-0.1, -0.05) is 17.7 Å². The quantitative estimate of drug-likeness (QED) is 0.792. The minimum absolute atomic E-state index is 0.185. The van der Waals surface area contributed by atoms with Crippen LogP contribution in [0.3, 0.4) is 0 Å². The molecular formula is C11H14ClFN2. The Morgan fingerprint density at radius 1 is 1.53 bits per heavy atom. The van der Waals surface area contributed by atoms with E-state index < -0.39 is 0 Å². The van der Waals surface area contributed by atoms with E-state index in [-0.39, 0.29) is 16.9 Å². The van der Waals surface area contributed by atoms with Crippen LogP contribution in [0.4, 0.5) is 4.39 Å². The van der Waals surface area contributed by atoms with E-state index in [2.05, 4.69) is 17.3 Å². The lowest BCUT2D eigenvalue weighted by Gasteiger charge is -2.33. The van der Waals surface area contributed by atoms with Crippen molar-refractivity contribution >= 4 is 11.6 Å². The maximum Gasteiger partial charge on any atom is 0.142 e. The summed E-state index contributed by atoms with van der Waals surface area (Å²) < 4.78 is 13.3. The van der Waals surface area contributed by atoms with Gasteiger partial charge in [0, 0.05) is 25.7 Å². The van der Waals surface area contributed by atoms with Gasteiger partial charge in [0.05, 0.1) is 5.02 Å². The molecule has 4 heteroatoms. The summed E-state index contributed by atoms with van der Waals surface area (Å²) in [4.78, 5) is 2.22. The molecule has 0 spiro atoms. The third-order valence-electron chi connectivity index (χ3n) is 2.84. The monoisotopic (exact) mass is 228 g/mol. The molecular weight excluding hydrogens is 215 g/mol. The number of benzene rings is 1. The number of nitrogens with one attached hydrogen (secondary N) is 1. The Bertz CT molecular complexity index is 356. The van der Waals surface area contributed by atoms with Crippen LogP contribution in [0.25, 0.3) is 0 Å². The zero-order valence-corrected chi connectivity index (χ0v) is 9.39. The van der Waals surface area contributed by atoms with E-state index in [0.717, 1.165) is 25.2 Å². The minimum Gasteiger partial charge on any atom is -0.314 e.